The molecule has 0 aliphatic carbocycles. The number of hydrogen-bond donors (Lipinski definition) is 1. The lowest BCUT2D eigenvalue weighted by Gasteiger charge is -2.22. The highest BCUT2D eigenvalue weighted by Crippen LogP contribution is 2.25. The van der Waals surface area contributed by atoms with E-state index in [4.69, 9.17) is 0 Å². The Morgan fingerprint density at radius 2 is 2.29 bits per heavy atom. The zero-order valence-corrected chi connectivity index (χ0v) is 10.5. The summed E-state index contributed by atoms with van der Waals surface area (Å²) in [5, 5.41) is 3.32. The molecule has 0 saturated carbocycles. The Kier molecular flexibility index (Phi) is 4.55. The number of pyridine rings is 1. The fraction of sp³-hybridized carbons (Fsp3) is 0.545. The predicted molar refractivity (Wildman–Crippen MR) is 63.5 cm³/mol. The predicted octanol–water partition coefficient (Wildman–Crippen LogP) is 2.95. The van der Waals surface area contributed by atoms with Gasteiger partial charge in [-0.25, -0.2) is 0 Å². The van der Waals surface area contributed by atoms with Crippen LogP contribution < -0.4 is 5.32 Å². The zero-order valence-electron chi connectivity index (χ0n) is 8.92. The second-order valence-corrected chi connectivity index (χ2v) is 4.32. The van der Waals surface area contributed by atoms with Crippen molar-refractivity contribution in [2.75, 3.05) is 7.05 Å². The van der Waals surface area contributed by atoms with E-state index in [-0.39, 0.29) is 0 Å². The standard InChI is InChI=1S/C11H17BrN2/c1-4-10(13-3)8(2)11-9(12)6-5-7-14-11/h5-8,10,13H,4H2,1-3H3. The van der Waals surface area contributed by atoms with E-state index in [0.29, 0.717) is 12.0 Å². The summed E-state index contributed by atoms with van der Waals surface area (Å²) in [6.45, 7) is 4.40. The van der Waals surface area contributed by atoms with E-state index in [1.165, 1.54) is 0 Å². The second kappa shape index (κ2) is 5.47. The molecule has 0 aliphatic rings. The molecule has 0 aliphatic heterocycles. The van der Waals surface area contributed by atoms with E-state index >= 15 is 0 Å². The number of nitrogens with zero attached hydrogens (tertiary/aromatic N) is 1. The Hall–Kier alpha value is -0.410. The van der Waals surface area contributed by atoms with Crippen molar-refractivity contribution >= 4 is 15.9 Å². The van der Waals surface area contributed by atoms with Gasteiger partial charge in [0.2, 0.25) is 0 Å². The summed E-state index contributed by atoms with van der Waals surface area (Å²) < 4.78 is 1.10. The van der Waals surface area contributed by atoms with Gasteiger partial charge in [-0.2, -0.15) is 0 Å². The van der Waals surface area contributed by atoms with Crippen molar-refractivity contribution in [3.05, 3.63) is 28.5 Å². The fourth-order valence-corrected chi connectivity index (χ4v) is 2.35. The third kappa shape index (κ3) is 2.55. The van der Waals surface area contributed by atoms with Crippen molar-refractivity contribution in [1.29, 1.82) is 0 Å². The van der Waals surface area contributed by atoms with Gasteiger partial charge in [0.05, 0.1) is 5.69 Å². The molecule has 0 spiro atoms. The summed E-state index contributed by atoms with van der Waals surface area (Å²) in [5.41, 5.74) is 1.13. The minimum atomic E-state index is 0.431. The topological polar surface area (TPSA) is 24.9 Å². The van der Waals surface area contributed by atoms with Crippen LogP contribution in [0.2, 0.25) is 0 Å². The lowest BCUT2D eigenvalue weighted by molar-refractivity contribution is 0.464. The van der Waals surface area contributed by atoms with E-state index in [0.717, 1.165) is 16.6 Å². The lowest BCUT2D eigenvalue weighted by atomic mass is 9.96. The van der Waals surface area contributed by atoms with Crippen LogP contribution in [-0.4, -0.2) is 18.1 Å². The maximum absolute atomic E-state index is 4.41. The normalized spacial score (nSPS) is 15.1. The smallest absolute Gasteiger partial charge is 0.0589 e. The summed E-state index contributed by atoms with van der Waals surface area (Å²) in [4.78, 5) is 4.41. The molecule has 0 fully saturated rings. The van der Waals surface area contributed by atoms with Crippen LogP contribution in [0.1, 0.15) is 31.9 Å². The highest BCUT2D eigenvalue weighted by atomic mass is 79.9. The molecule has 78 valence electrons. The average Bonchev–Trinajstić information content (AvgIpc) is 2.20. The van der Waals surface area contributed by atoms with Crippen molar-refractivity contribution in [3.8, 4) is 0 Å². The Labute approximate surface area is 94.3 Å². The molecule has 1 aromatic heterocycles. The van der Waals surface area contributed by atoms with Gasteiger partial charge in [0.15, 0.2) is 0 Å². The summed E-state index contributed by atoms with van der Waals surface area (Å²) in [5.74, 6) is 0.431. The number of halogens is 1. The van der Waals surface area contributed by atoms with Gasteiger partial charge in [-0.05, 0) is 41.5 Å². The molecule has 2 unspecified atom stereocenters. The Morgan fingerprint density at radius 3 is 2.79 bits per heavy atom. The second-order valence-electron chi connectivity index (χ2n) is 3.46. The molecule has 2 atom stereocenters. The van der Waals surface area contributed by atoms with Gasteiger partial charge in [-0.1, -0.05) is 13.8 Å². The SMILES string of the molecule is CCC(NC)C(C)c1ncccc1Br. The van der Waals surface area contributed by atoms with E-state index < -0.39 is 0 Å². The molecule has 3 heteroatoms. The van der Waals surface area contributed by atoms with Gasteiger partial charge in [0.1, 0.15) is 0 Å². The molecule has 2 nitrogen and oxygen atoms in total. The minimum Gasteiger partial charge on any atom is -0.316 e. The first-order valence-electron chi connectivity index (χ1n) is 4.98. The maximum Gasteiger partial charge on any atom is 0.0589 e. The molecule has 0 aromatic carbocycles. The first kappa shape index (κ1) is 11.7. The van der Waals surface area contributed by atoms with Crippen molar-refractivity contribution < 1.29 is 0 Å². The minimum absolute atomic E-state index is 0.431. The van der Waals surface area contributed by atoms with Crippen LogP contribution in [0.3, 0.4) is 0 Å². The first-order valence-corrected chi connectivity index (χ1v) is 5.77. The monoisotopic (exact) mass is 256 g/mol. The molecular formula is C11H17BrN2. The van der Waals surface area contributed by atoms with Crippen LogP contribution in [0.4, 0.5) is 0 Å². The molecule has 0 amide bonds. The van der Waals surface area contributed by atoms with E-state index in [1.54, 1.807) is 0 Å². The van der Waals surface area contributed by atoms with Gasteiger partial charge in [0, 0.05) is 22.6 Å². The third-order valence-corrected chi connectivity index (χ3v) is 3.30. The third-order valence-electron chi connectivity index (χ3n) is 2.63. The summed E-state index contributed by atoms with van der Waals surface area (Å²) in [6, 6.07) is 4.48. The van der Waals surface area contributed by atoms with Crippen LogP contribution >= 0.6 is 15.9 Å². The number of hydrogen-bond acceptors (Lipinski definition) is 2. The maximum atomic E-state index is 4.41. The molecule has 1 heterocycles. The molecule has 14 heavy (non-hydrogen) atoms. The van der Waals surface area contributed by atoms with Gasteiger partial charge in [0.25, 0.3) is 0 Å². The molecule has 0 saturated heterocycles. The molecule has 1 aromatic rings. The first-order chi connectivity index (χ1) is 6.70. The van der Waals surface area contributed by atoms with Gasteiger partial charge in [-0.15, -0.1) is 0 Å². The van der Waals surface area contributed by atoms with E-state index in [2.05, 4.69) is 40.1 Å². The zero-order chi connectivity index (χ0) is 10.6. The van der Waals surface area contributed by atoms with E-state index in [1.807, 2.05) is 25.4 Å². The van der Waals surface area contributed by atoms with Crippen LogP contribution in [0.25, 0.3) is 0 Å². The van der Waals surface area contributed by atoms with Crippen molar-refractivity contribution in [2.24, 2.45) is 0 Å². The number of aromatic nitrogens is 1. The highest BCUT2D eigenvalue weighted by Gasteiger charge is 2.18. The highest BCUT2D eigenvalue weighted by molar-refractivity contribution is 9.10. The molecule has 0 bridgehead atoms. The average molecular weight is 257 g/mol. The largest absolute Gasteiger partial charge is 0.316 e. The molecule has 1 N–H and O–H groups in total. The lowest BCUT2D eigenvalue weighted by Crippen LogP contribution is -2.30. The van der Waals surface area contributed by atoms with Gasteiger partial charge >= 0.3 is 0 Å². The van der Waals surface area contributed by atoms with Crippen LogP contribution in [-0.2, 0) is 0 Å². The Balaban J connectivity index is 2.88. The van der Waals surface area contributed by atoms with Crippen LogP contribution in [0, 0.1) is 0 Å². The van der Waals surface area contributed by atoms with Gasteiger partial charge in [-0.3, -0.25) is 4.98 Å². The Bertz CT molecular complexity index is 284. The quantitative estimate of drug-likeness (QED) is 0.897. The van der Waals surface area contributed by atoms with Crippen molar-refractivity contribution in [1.82, 2.24) is 10.3 Å². The molecular weight excluding hydrogens is 240 g/mol. The van der Waals surface area contributed by atoms with Crippen LogP contribution in [0.15, 0.2) is 22.8 Å². The van der Waals surface area contributed by atoms with E-state index in [9.17, 15) is 0 Å². The van der Waals surface area contributed by atoms with Crippen molar-refractivity contribution in [2.45, 2.75) is 32.2 Å². The number of nitrogens with one attached hydrogen (secondary N) is 1. The number of likely N-dealkylation sites (N-methyl/N-ethyl adjacent to an activating group) is 1. The molecule has 1 rings (SSSR count). The fourth-order valence-electron chi connectivity index (χ4n) is 1.73. The summed E-state index contributed by atoms with van der Waals surface area (Å²) in [7, 11) is 2.00. The summed E-state index contributed by atoms with van der Waals surface area (Å²) >= 11 is 3.53. The Morgan fingerprint density at radius 1 is 1.57 bits per heavy atom. The molecule has 0 radical (unpaired) electrons. The van der Waals surface area contributed by atoms with Crippen LogP contribution in [0.5, 0.6) is 0 Å². The van der Waals surface area contributed by atoms with Crippen molar-refractivity contribution in [3.63, 3.8) is 0 Å². The van der Waals surface area contributed by atoms with Gasteiger partial charge < -0.3 is 5.32 Å². The number of rotatable bonds is 4. The summed E-state index contributed by atoms with van der Waals surface area (Å²) in [6.07, 6.45) is 2.96.